The highest BCUT2D eigenvalue weighted by atomic mass is 35.5. The maximum atomic E-state index is 12.9. The highest BCUT2D eigenvalue weighted by molar-refractivity contribution is 6.30. The molecule has 0 radical (unpaired) electrons. The third kappa shape index (κ3) is 4.86. The van der Waals surface area contributed by atoms with Crippen LogP contribution in [-0.2, 0) is 19.9 Å². The molecule has 1 aliphatic rings. The minimum Gasteiger partial charge on any atom is -0.462 e. The Morgan fingerprint density at radius 3 is 2.35 bits per heavy atom. The van der Waals surface area contributed by atoms with Gasteiger partial charge in [0, 0.05) is 10.7 Å². The van der Waals surface area contributed by atoms with Crippen LogP contribution in [0.1, 0.15) is 36.2 Å². The van der Waals surface area contributed by atoms with E-state index in [1.54, 1.807) is 43.3 Å². The molecule has 9 heteroatoms. The molecule has 2 N–H and O–H groups in total. The molecular formula is C22H22ClN3O5. The van der Waals surface area contributed by atoms with Crippen molar-refractivity contribution in [3.63, 3.8) is 0 Å². The highest BCUT2D eigenvalue weighted by Gasteiger charge is 2.49. The van der Waals surface area contributed by atoms with Crippen LogP contribution in [0.25, 0.3) is 0 Å². The number of nitrogens with zero attached hydrogens (tertiary/aromatic N) is 1. The van der Waals surface area contributed by atoms with Crippen molar-refractivity contribution >= 4 is 41.1 Å². The van der Waals surface area contributed by atoms with Gasteiger partial charge in [-0.3, -0.25) is 14.5 Å². The zero-order valence-electron chi connectivity index (χ0n) is 17.1. The Morgan fingerprint density at radius 1 is 1.10 bits per heavy atom. The Kier molecular flexibility index (Phi) is 6.60. The van der Waals surface area contributed by atoms with E-state index in [-0.39, 0.29) is 0 Å². The number of anilines is 1. The maximum Gasteiger partial charge on any atom is 0.338 e. The minimum atomic E-state index is -1.29. The first-order valence-corrected chi connectivity index (χ1v) is 10.1. The Morgan fingerprint density at radius 2 is 1.74 bits per heavy atom. The lowest BCUT2D eigenvalue weighted by atomic mass is 9.92. The van der Waals surface area contributed by atoms with Gasteiger partial charge in [-0.1, -0.05) is 30.7 Å². The topological polar surface area (TPSA) is 105 Å². The number of amides is 4. The van der Waals surface area contributed by atoms with Gasteiger partial charge >= 0.3 is 12.0 Å². The number of esters is 1. The zero-order chi connectivity index (χ0) is 22.6. The lowest BCUT2D eigenvalue weighted by molar-refractivity contribution is -0.133. The molecule has 4 amide bonds. The van der Waals surface area contributed by atoms with Crippen molar-refractivity contribution in [3.05, 3.63) is 64.7 Å². The zero-order valence-corrected chi connectivity index (χ0v) is 17.9. The lowest BCUT2D eigenvalue weighted by Gasteiger charge is -2.22. The first kappa shape index (κ1) is 22.3. The fourth-order valence-electron chi connectivity index (χ4n) is 3.13. The second-order valence-corrected chi connectivity index (χ2v) is 7.65. The average molecular weight is 444 g/mol. The summed E-state index contributed by atoms with van der Waals surface area (Å²) in [6.07, 6.45) is 0.722. The van der Waals surface area contributed by atoms with E-state index >= 15 is 0 Å². The van der Waals surface area contributed by atoms with Crippen LogP contribution in [0, 0.1) is 0 Å². The molecule has 3 rings (SSSR count). The number of imide groups is 1. The van der Waals surface area contributed by atoms with Crippen molar-refractivity contribution in [2.75, 3.05) is 18.5 Å². The molecule has 8 nitrogen and oxygen atoms in total. The first-order valence-electron chi connectivity index (χ1n) is 9.72. The molecule has 162 valence electrons. The Labute approximate surface area is 184 Å². The van der Waals surface area contributed by atoms with Crippen LogP contribution in [0.15, 0.2) is 48.5 Å². The second kappa shape index (κ2) is 9.18. The number of hydrogen-bond acceptors (Lipinski definition) is 5. The largest absolute Gasteiger partial charge is 0.462 e. The number of carbonyl (C=O) groups is 4. The molecule has 1 atom stereocenters. The van der Waals surface area contributed by atoms with E-state index in [2.05, 4.69) is 10.6 Å². The van der Waals surface area contributed by atoms with E-state index in [0.717, 1.165) is 11.3 Å². The molecule has 1 fully saturated rings. The van der Waals surface area contributed by atoms with Crippen molar-refractivity contribution in [2.24, 2.45) is 0 Å². The SMILES string of the molecule is CCCOC(=O)c1ccc(NC(=O)CN2C(=O)NC(C)(c3ccc(Cl)cc3)C2=O)cc1. The van der Waals surface area contributed by atoms with Gasteiger partial charge in [0.2, 0.25) is 5.91 Å². The molecule has 31 heavy (non-hydrogen) atoms. The van der Waals surface area contributed by atoms with Crippen molar-refractivity contribution in [1.82, 2.24) is 10.2 Å². The molecule has 1 heterocycles. The predicted octanol–water partition coefficient (Wildman–Crippen LogP) is 3.31. The number of nitrogens with one attached hydrogen (secondary N) is 2. The van der Waals surface area contributed by atoms with Crippen LogP contribution in [-0.4, -0.2) is 41.9 Å². The van der Waals surface area contributed by atoms with Crippen molar-refractivity contribution in [3.8, 4) is 0 Å². The van der Waals surface area contributed by atoms with Gasteiger partial charge in [0.1, 0.15) is 12.1 Å². The number of hydrogen-bond donors (Lipinski definition) is 2. The normalized spacial score (nSPS) is 18.0. The lowest BCUT2D eigenvalue weighted by Crippen LogP contribution is -2.42. The van der Waals surface area contributed by atoms with Crippen LogP contribution in [0.2, 0.25) is 5.02 Å². The Bertz CT molecular complexity index is 1010. The summed E-state index contributed by atoms with van der Waals surface area (Å²) >= 11 is 5.89. The summed E-state index contributed by atoms with van der Waals surface area (Å²) in [5.74, 6) is -1.53. The van der Waals surface area contributed by atoms with Gasteiger partial charge in [-0.15, -0.1) is 0 Å². The van der Waals surface area contributed by atoms with Crippen LogP contribution >= 0.6 is 11.6 Å². The molecule has 0 spiro atoms. The number of halogens is 1. The molecule has 2 aromatic carbocycles. The summed E-state index contributed by atoms with van der Waals surface area (Å²) in [6.45, 7) is 3.35. The Balaban J connectivity index is 1.64. The molecule has 0 saturated carbocycles. The fraction of sp³-hybridized carbons (Fsp3) is 0.273. The monoisotopic (exact) mass is 443 g/mol. The van der Waals surface area contributed by atoms with Crippen LogP contribution in [0.5, 0.6) is 0 Å². The highest BCUT2D eigenvalue weighted by Crippen LogP contribution is 2.29. The number of urea groups is 1. The van der Waals surface area contributed by atoms with Gasteiger partial charge in [-0.2, -0.15) is 0 Å². The van der Waals surface area contributed by atoms with Crippen molar-refractivity contribution in [2.45, 2.75) is 25.8 Å². The van der Waals surface area contributed by atoms with Gasteiger partial charge in [0.25, 0.3) is 5.91 Å². The van der Waals surface area contributed by atoms with E-state index < -0.39 is 35.9 Å². The molecule has 1 aliphatic heterocycles. The summed E-state index contributed by atoms with van der Waals surface area (Å²) < 4.78 is 5.05. The van der Waals surface area contributed by atoms with E-state index in [1.807, 2.05) is 6.92 Å². The van der Waals surface area contributed by atoms with Gasteiger partial charge in [-0.25, -0.2) is 9.59 Å². The van der Waals surface area contributed by atoms with E-state index in [4.69, 9.17) is 16.3 Å². The maximum absolute atomic E-state index is 12.9. The second-order valence-electron chi connectivity index (χ2n) is 7.21. The summed E-state index contributed by atoms with van der Waals surface area (Å²) in [7, 11) is 0. The smallest absolute Gasteiger partial charge is 0.338 e. The quantitative estimate of drug-likeness (QED) is 0.504. The first-order chi connectivity index (χ1) is 14.7. The Hall–Kier alpha value is -3.39. The van der Waals surface area contributed by atoms with Crippen LogP contribution < -0.4 is 10.6 Å². The summed E-state index contributed by atoms with van der Waals surface area (Å²) in [6, 6.07) is 12.0. The minimum absolute atomic E-state index is 0.332. The molecule has 1 saturated heterocycles. The number of ether oxygens (including phenoxy) is 1. The standard InChI is InChI=1S/C22H22ClN3O5/c1-3-12-31-19(28)14-4-10-17(11-5-14)24-18(27)13-26-20(29)22(2,25-21(26)30)15-6-8-16(23)9-7-15/h4-11H,3,12-13H2,1-2H3,(H,24,27)(H,25,30). The van der Waals surface area contributed by atoms with Gasteiger partial charge < -0.3 is 15.4 Å². The fourth-order valence-corrected chi connectivity index (χ4v) is 3.26. The van der Waals surface area contributed by atoms with E-state index in [1.165, 1.54) is 12.1 Å². The molecular weight excluding hydrogens is 422 g/mol. The summed E-state index contributed by atoms with van der Waals surface area (Å²) in [5, 5.41) is 5.75. The number of benzene rings is 2. The molecule has 0 aromatic heterocycles. The third-order valence-electron chi connectivity index (χ3n) is 4.84. The molecule has 0 aliphatic carbocycles. The van der Waals surface area contributed by atoms with Crippen LogP contribution in [0.4, 0.5) is 10.5 Å². The number of carbonyl (C=O) groups excluding carboxylic acids is 4. The summed E-state index contributed by atoms with van der Waals surface area (Å²) in [5.41, 5.74) is 0.0511. The van der Waals surface area contributed by atoms with Gasteiger partial charge in [0.15, 0.2) is 0 Å². The van der Waals surface area contributed by atoms with Gasteiger partial charge in [-0.05, 0) is 55.3 Å². The van der Waals surface area contributed by atoms with E-state index in [9.17, 15) is 19.2 Å². The van der Waals surface area contributed by atoms with Crippen molar-refractivity contribution < 1.29 is 23.9 Å². The van der Waals surface area contributed by atoms with Crippen molar-refractivity contribution in [1.29, 1.82) is 0 Å². The molecule has 0 bridgehead atoms. The van der Waals surface area contributed by atoms with Crippen LogP contribution in [0.3, 0.4) is 0 Å². The van der Waals surface area contributed by atoms with E-state index in [0.29, 0.717) is 28.4 Å². The molecule has 2 aromatic rings. The molecule has 1 unspecified atom stereocenters. The summed E-state index contributed by atoms with van der Waals surface area (Å²) in [4.78, 5) is 50.4. The third-order valence-corrected chi connectivity index (χ3v) is 5.09. The number of rotatable bonds is 7. The predicted molar refractivity (Wildman–Crippen MR) is 115 cm³/mol. The van der Waals surface area contributed by atoms with Gasteiger partial charge in [0.05, 0.1) is 12.2 Å². The average Bonchev–Trinajstić information content (AvgIpc) is 2.96.